The van der Waals surface area contributed by atoms with Crippen LogP contribution in [0.3, 0.4) is 0 Å². The maximum Gasteiger partial charge on any atom is 0.227 e. The second kappa shape index (κ2) is 22.8. The molecule has 4 heterocycles. The molecule has 4 saturated carbocycles. The number of ketones is 1. The number of piperidine rings is 2. The van der Waals surface area contributed by atoms with Gasteiger partial charge >= 0.3 is 0 Å². The molecule has 2 aromatic carbocycles. The summed E-state index contributed by atoms with van der Waals surface area (Å²) in [4.78, 5) is 74.0. The Labute approximate surface area is 450 Å². The Morgan fingerprint density at radius 3 is 1.33 bits per heavy atom. The molecule has 10 nitrogen and oxygen atoms in total. The van der Waals surface area contributed by atoms with Crippen LogP contribution < -0.4 is 10.6 Å². The first kappa shape index (κ1) is 56.4. The monoisotopic (exact) mass is 1060 g/mol. The van der Waals surface area contributed by atoms with Crippen molar-refractivity contribution in [3.8, 4) is 0 Å². The van der Waals surface area contributed by atoms with Crippen LogP contribution >= 0.6 is 0 Å². The lowest BCUT2D eigenvalue weighted by molar-refractivity contribution is -0.148. The highest BCUT2D eigenvalue weighted by molar-refractivity contribution is 5.92. The zero-order valence-corrected chi connectivity index (χ0v) is 46.4. The fourth-order valence-electron chi connectivity index (χ4n) is 16.1. The minimum absolute atomic E-state index is 0.0739. The first-order valence-electron chi connectivity index (χ1n) is 29.5. The van der Waals surface area contributed by atoms with E-state index in [1.807, 2.05) is 46.4 Å². The molecule has 0 aromatic heterocycles. The molecule has 4 amide bonds. The van der Waals surface area contributed by atoms with E-state index in [0.717, 1.165) is 63.5 Å². The Hall–Kier alpha value is -4.33. The predicted octanol–water partition coefficient (Wildman–Crippen LogP) is 11.7. The summed E-state index contributed by atoms with van der Waals surface area (Å²) in [5, 5.41) is 6.51. The number of hydrogen-bond acceptors (Lipinski definition) is 6. The third-order valence-corrected chi connectivity index (χ3v) is 19.8. The van der Waals surface area contributed by atoms with Gasteiger partial charge in [-0.2, -0.15) is 0 Å². The third kappa shape index (κ3) is 12.0. The largest absolute Gasteiger partial charge is 0.351 e. The number of rotatable bonds is 9. The van der Waals surface area contributed by atoms with E-state index < -0.39 is 45.9 Å². The molecule has 1 unspecified atom stereocenters. The molecule has 76 heavy (non-hydrogen) atoms. The van der Waals surface area contributed by atoms with Crippen LogP contribution in [-0.2, 0) is 24.0 Å². The van der Waals surface area contributed by atoms with Crippen LogP contribution in [0.5, 0.6) is 0 Å². The third-order valence-electron chi connectivity index (χ3n) is 19.8. The van der Waals surface area contributed by atoms with Crippen LogP contribution in [0.1, 0.15) is 206 Å². The molecule has 8 fully saturated rings. The van der Waals surface area contributed by atoms with E-state index in [1.165, 1.54) is 69.6 Å². The number of amides is 4. The van der Waals surface area contributed by atoms with E-state index >= 15 is 4.39 Å². The van der Waals surface area contributed by atoms with Crippen molar-refractivity contribution >= 4 is 29.4 Å². The maximum atomic E-state index is 15.2. The number of nitrogens with zero attached hydrogens (tertiary/aromatic N) is 3. The Bertz CT molecular complexity index is 2420. The molecule has 4 aliphatic carbocycles. The van der Waals surface area contributed by atoms with Crippen molar-refractivity contribution in [2.45, 2.75) is 224 Å². The number of carbonyl (C=O) groups is 5. The highest BCUT2D eigenvalue weighted by Crippen LogP contribution is 2.52. The predicted molar refractivity (Wildman–Crippen MR) is 286 cm³/mol. The van der Waals surface area contributed by atoms with Gasteiger partial charge in [-0.15, -0.1) is 0 Å². The zero-order valence-electron chi connectivity index (χ0n) is 46.4. The topological polar surface area (TPSA) is 119 Å². The van der Waals surface area contributed by atoms with Gasteiger partial charge in [0.25, 0.3) is 0 Å². The first-order valence-corrected chi connectivity index (χ1v) is 29.5. The van der Waals surface area contributed by atoms with Crippen LogP contribution in [-0.4, -0.2) is 99.5 Å². The van der Waals surface area contributed by atoms with E-state index in [2.05, 4.69) is 15.5 Å². The standard InChI is InChI=1S/C34H49F2N3O2.C28H38F2N2O3/c1-33(2,3)37-32(41)34(22-7-5-4-6-8-22)15-17-38(18-16-34)31(40)29-21-26(39-24-10-11-25(39)13-12-24)20-28(29)27-14-9-23(35)19-30(27)36;1-27(2,3)31-26(35)28(18-7-5-4-6-8-18)11-13-32(14-12-28)25(34)23-17-20(33)16-22(23)21-10-9-19(29)15-24(21)30/h9,14,19,22,24-26,28-29H,4-8,10-13,15-18,20-21H2,1-3H3,(H,37,41);9-10,15,18,22-23H,4-8,11-14,16-17H2,1-3H3,(H,31,35)/t24?,25?,26?,28-,29+;22-,23+/m00/s1. The number of Topliss-reactive ketones (excluding diaryl/α,β-unsaturated/α-hetero) is 1. The number of fused-ring (bicyclic) bond motifs is 2. The van der Waals surface area contributed by atoms with Gasteiger partial charge in [0, 0.05) is 92.2 Å². The quantitative estimate of drug-likeness (QED) is 0.242. The van der Waals surface area contributed by atoms with E-state index in [-0.39, 0.29) is 76.8 Å². The van der Waals surface area contributed by atoms with Crippen LogP contribution in [0.25, 0.3) is 0 Å². The summed E-state index contributed by atoms with van der Waals surface area (Å²) in [7, 11) is 0. The van der Waals surface area contributed by atoms with Crippen molar-refractivity contribution in [3.05, 3.63) is 70.8 Å². The van der Waals surface area contributed by atoms with Gasteiger partial charge in [0.15, 0.2) is 0 Å². The van der Waals surface area contributed by atoms with Gasteiger partial charge in [-0.05, 0) is 172 Å². The lowest BCUT2D eigenvalue weighted by Gasteiger charge is -2.48. The molecular formula is C62H87F4N5O5. The zero-order chi connectivity index (χ0) is 54.3. The van der Waals surface area contributed by atoms with Crippen molar-refractivity contribution in [3.63, 3.8) is 0 Å². The average Bonchev–Trinajstić information content (AvgIpc) is 4.27. The van der Waals surface area contributed by atoms with Crippen LogP contribution in [0.15, 0.2) is 36.4 Å². The maximum absolute atomic E-state index is 15.2. The molecule has 0 spiro atoms. The molecule has 8 aliphatic rings. The molecular weight excluding hydrogens is 971 g/mol. The fourth-order valence-corrected chi connectivity index (χ4v) is 16.1. The van der Waals surface area contributed by atoms with E-state index in [9.17, 15) is 37.1 Å². The Kier molecular flexibility index (Phi) is 16.9. The molecule has 418 valence electrons. The smallest absolute Gasteiger partial charge is 0.227 e. The molecule has 2 aromatic rings. The molecule has 2 N–H and O–H groups in total. The summed E-state index contributed by atoms with van der Waals surface area (Å²) >= 11 is 0. The second-order valence-corrected chi connectivity index (χ2v) is 26.8. The number of hydrogen-bond donors (Lipinski definition) is 2. The van der Waals surface area contributed by atoms with Gasteiger partial charge in [0.1, 0.15) is 29.1 Å². The lowest BCUT2D eigenvalue weighted by atomic mass is 9.63. The molecule has 14 heteroatoms. The first-order chi connectivity index (χ1) is 36.1. The van der Waals surface area contributed by atoms with E-state index in [0.29, 0.717) is 81.3 Å². The van der Waals surface area contributed by atoms with Crippen LogP contribution in [0.2, 0.25) is 0 Å². The summed E-state index contributed by atoms with van der Waals surface area (Å²) in [6.45, 7) is 14.1. The number of benzene rings is 2. The van der Waals surface area contributed by atoms with Crippen LogP contribution in [0.4, 0.5) is 17.6 Å². The average molecular weight is 1060 g/mol. The van der Waals surface area contributed by atoms with Gasteiger partial charge in [-0.1, -0.05) is 50.7 Å². The fraction of sp³-hybridized carbons (Fsp3) is 0.726. The molecule has 5 atom stereocenters. The van der Waals surface area contributed by atoms with E-state index in [1.54, 1.807) is 11.0 Å². The Morgan fingerprint density at radius 2 is 0.921 bits per heavy atom. The summed E-state index contributed by atoms with van der Waals surface area (Å²) in [5.41, 5.74) is -0.835. The highest BCUT2D eigenvalue weighted by Gasteiger charge is 2.54. The SMILES string of the molecule is CC(C)(C)NC(=O)C1(C2CCCCC2)CCN(C(=O)[C@@H]2CC(=O)C[C@H]2c2ccc(F)cc2F)CC1.CC(C)(C)NC(=O)C1(C2CCCCC2)CCN(C(=O)[C@@H]2CC(N3C4CCC3CC4)C[C@H]2c2ccc(F)cc2F)CC1. The van der Waals surface area contributed by atoms with Gasteiger partial charge in [0.05, 0.1) is 16.7 Å². The molecule has 10 rings (SSSR count). The number of halogens is 4. The summed E-state index contributed by atoms with van der Waals surface area (Å²) in [6.07, 6.45) is 20.4. The van der Waals surface area contributed by atoms with Gasteiger partial charge in [-0.3, -0.25) is 28.9 Å². The van der Waals surface area contributed by atoms with Crippen molar-refractivity contribution in [1.29, 1.82) is 0 Å². The van der Waals surface area contributed by atoms with Crippen molar-refractivity contribution in [2.24, 2.45) is 34.5 Å². The minimum atomic E-state index is -0.712. The minimum Gasteiger partial charge on any atom is -0.351 e. The van der Waals surface area contributed by atoms with Gasteiger partial charge < -0.3 is 20.4 Å². The normalized spacial score (nSPS) is 29.2. The highest BCUT2D eigenvalue weighted by atomic mass is 19.1. The van der Waals surface area contributed by atoms with Crippen molar-refractivity contribution in [2.75, 3.05) is 26.2 Å². The summed E-state index contributed by atoms with van der Waals surface area (Å²) < 4.78 is 57.0. The summed E-state index contributed by atoms with van der Waals surface area (Å²) in [5.74, 6) is -3.51. The van der Waals surface area contributed by atoms with E-state index in [4.69, 9.17) is 0 Å². The van der Waals surface area contributed by atoms with Crippen LogP contribution in [0, 0.1) is 57.8 Å². The van der Waals surface area contributed by atoms with Crippen molar-refractivity contribution in [1.82, 2.24) is 25.3 Å². The molecule has 2 bridgehead atoms. The second-order valence-electron chi connectivity index (χ2n) is 26.8. The molecule has 0 radical (unpaired) electrons. The number of nitrogens with one attached hydrogen (secondary N) is 2. The Balaban J connectivity index is 0.000000188. The van der Waals surface area contributed by atoms with Gasteiger partial charge in [0.2, 0.25) is 23.6 Å². The Morgan fingerprint density at radius 1 is 0.513 bits per heavy atom. The number of likely N-dealkylation sites (tertiary alicyclic amines) is 2. The summed E-state index contributed by atoms with van der Waals surface area (Å²) in [6, 6.07) is 8.66. The molecule has 4 saturated heterocycles. The number of carbonyl (C=O) groups excluding carboxylic acids is 5. The lowest BCUT2D eigenvalue weighted by Crippen LogP contribution is -2.57. The van der Waals surface area contributed by atoms with Gasteiger partial charge in [-0.25, -0.2) is 17.6 Å². The molecule has 4 aliphatic heterocycles. The van der Waals surface area contributed by atoms with Crippen molar-refractivity contribution < 1.29 is 41.5 Å².